The molecule has 1 aromatic carbocycles. The van der Waals surface area contributed by atoms with Crippen LogP contribution in [0.5, 0.6) is 5.75 Å². The third-order valence-corrected chi connectivity index (χ3v) is 2.18. The van der Waals surface area contributed by atoms with Crippen LogP contribution in [0.25, 0.3) is 6.08 Å². The van der Waals surface area contributed by atoms with Gasteiger partial charge in [-0.05, 0) is 17.7 Å². The van der Waals surface area contributed by atoms with Gasteiger partial charge in [0.1, 0.15) is 18.4 Å². The molecule has 0 unspecified atom stereocenters. The van der Waals surface area contributed by atoms with Crippen LogP contribution in [0.15, 0.2) is 43.0 Å². The van der Waals surface area contributed by atoms with Gasteiger partial charge in [0, 0.05) is 0 Å². The fourth-order valence-electron chi connectivity index (χ4n) is 1.40. The van der Waals surface area contributed by atoms with Crippen molar-refractivity contribution in [1.82, 2.24) is 14.8 Å². The molecule has 0 fully saturated rings. The van der Waals surface area contributed by atoms with Gasteiger partial charge in [0.2, 0.25) is 0 Å². The lowest BCUT2D eigenvalue weighted by molar-refractivity contribution is -0.274. The summed E-state index contributed by atoms with van der Waals surface area (Å²) >= 11 is 0. The molecule has 1 heterocycles. The van der Waals surface area contributed by atoms with Crippen molar-refractivity contribution < 1.29 is 17.9 Å². The highest BCUT2D eigenvalue weighted by molar-refractivity contribution is 5.50. The molecular formula is C12H10F3N3O. The quantitative estimate of drug-likeness (QED) is 0.856. The number of rotatable bonds is 4. The molecule has 0 N–H and O–H groups in total. The van der Waals surface area contributed by atoms with Gasteiger partial charge in [-0.25, -0.2) is 9.67 Å². The lowest BCUT2D eigenvalue weighted by Crippen LogP contribution is -2.16. The molecule has 2 aromatic rings. The molecule has 0 spiro atoms. The SMILES string of the molecule is FC(F)(F)Oc1ccc(C=CCn2cncn2)cc1. The maximum atomic E-state index is 11.9. The molecule has 0 aliphatic rings. The van der Waals surface area contributed by atoms with Gasteiger partial charge in [-0.1, -0.05) is 24.3 Å². The summed E-state index contributed by atoms with van der Waals surface area (Å²) in [5.74, 6) is -0.235. The molecule has 0 aliphatic heterocycles. The van der Waals surface area contributed by atoms with E-state index in [0.29, 0.717) is 6.54 Å². The Bertz CT molecular complexity index is 532. The fraction of sp³-hybridized carbons (Fsp3) is 0.167. The number of hydrogen-bond acceptors (Lipinski definition) is 3. The third-order valence-electron chi connectivity index (χ3n) is 2.18. The number of halogens is 3. The molecule has 0 aliphatic carbocycles. The molecule has 7 heteroatoms. The summed E-state index contributed by atoms with van der Waals surface area (Å²) in [5.41, 5.74) is 0.773. The Kier molecular flexibility index (Phi) is 3.84. The van der Waals surface area contributed by atoms with E-state index in [1.54, 1.807) is 29.2 Å². The first kappa shape index (κ1) is 13.1. The van der Waals surface area contributed by atoms with E-state index < -0.39 is 6.36 Å². The summed E-state index contributed by atoms with van der Waals surface area (Å²) in [5, 5.41) is 3.91. The Morgan fingerprint density at radius 1 is 1.21 bits per heavy atom. The Hall–Kier alpha value is -2.31. The maximum Gasteiger partial charge on any atom is 0.573 e. The lowest BCUT2D eigenvalue weighted by atomic mass is 10.2. The van der Waals surface area contributed by atoms with Crippen molar-refractivity contribution in [3.63, 3.8) is 0 Å². The minimum atomic E-state index is -4.66. The van der Waals surface area contributed by atoms with Gasteiger partial charge in [-0.2, -0.15) is 5.10 Å². The van der Waals surface area contributed by atoms with Gasteiger partial charge < -0.3 is 4.74 Å². The number of ether oxygens (including phenoxy) is 1. The Morgan fingerprint density at radius 3 is 2.53 bits per heavy atom. The number of aromatic nitrogens is 3. The van der Waals surface area contributed by atoms with Gasteiger partial charge in [0.15, 0.2) is 0 Å². The number of nitrogens with zero attached hydrogens (tertiary/aromatic N) is 3. The smallest absolute Gasteiger partial charge is 0.406 e. The van der Waals surface area contributed by atoms with Crippen molar-refractivity contribution in [3.05, 3.63) is 48.6 Å². The van der Waals surface area contributed by atoms with Crippen LogP contribution in [0.1, 0.15) is 5.56 Å². The summed E-state index contributed by atoms with van der Waals surface area (Å²) in [7, 11) is 0. The topological polar surface area (TPSA) is 39.9 Å². The number of alkyl halides is 3. The second-order valence-corrected chi connectivity index (χ2v) is 3.64. The number of benzene rings is 1. The first-order valence-electron chi connectivity index (χ1n) is 5.38. The summed E-state index contributed by atoms with van der Waals surface area (Å²) in [6, 6.07) is 5.61. The van der Waals surface area contributed by atoms with Crippen molar-refractivity contribution in [2.24, 2.45) is 0 Å². The zero-order valence-electron chi connectivity index (χ0n) is 9.71. The second kappa shape index (κ2) is 5.55. The molecule has 1 aromatic heterocycles. The van der Waals surface area contributed by atoms with Gasteiger partial charge in [0.05, 0.1) is 6.54 Å². The molecule has 4 nitrogen and oxygen atoms in total. The minimum Gasteiger partial charge on any atom is -0.406 e. The van der Waals surface area contributed by atoms with Crippen LogP contribution in [0, 0.1) is 0 Å². The summed E-state index contributed by atoms with van der Waals surface area (Å²) in [6.07, 6.45) is 1.94. The lowest BCUT2D eigenvalue weighted by Gasteiger charge is -2.08. The van der Waals surface area contributed by atoms with E-state index >= 15 is 0 Å². The van der Waals surface area contributed by atoms with Crippen LogP contribution in [0.3, 0.4) is 0 Å². The van der Waals surface area contributed by atoms with Crippen molar-refractivity contribution in [3.8, 4) is 5.75 Å². The van der Waals surface area contributed by atoms with Gasteiger partial charge in [-0.15, -0.1) is 13.2 Å². The van der Waals surface area contributed by atoms with Crippen LogP contribution < -0.4 is 4.74 Å². The summed E-state index contributed by atoms with van der Waals surface area (Å²) in [6.45, 7) is 0.542. The highest BCUT2D eigenvalue weighted by Crippen LogP contribution is 2.22. The van der Waals surface area contributed by atoms with E-state index in [0.717, 1.165) is 5.56 Å². The molecule has 0 radical (unpaired) electrons. The van der Waals surface area contributed by atoms with Crippen molar-refractivity contribution in [2.45, 2.75) is 12.9 Å². The zero-order valence-corrected chi connectivity index (χ0v) is 9.71. The minimum absolute atomic E-state index is 0.235. The average Bonchev–Trinajstić information content (AvgIpc) is 2.82. The number of hydrogen-bond donors (Lipinski definition) is 0. The average molecular weight is 269 g/mol. The fourth-order valence-corrected chi connectivity index (χ4v) is 1.40. The molecule has 0 atom stereocenters. The first-order chi connectivity index (χ1) is 9.03. The van der Waals surface area contributed by atoms with Crippen molar-refractivity contribution in [1.29, 1.82) is 0 Å². The molecule has 0 bridgehead atoms. The van der Waals surface area contributed by atoms with E-state index in [1.165, 1.54) is 18.5 Å². The van der Waals surface area contributed by atoms with E-state index in [-0.39, 0.29) is 5.75 Å². The molecule has 2 rings (SSSR count). The maximum absolute atomic E-state index is 11.9. The van der Waals surface area contributed by atoms with Crippen LogP contribution >= 0.6 is 0 Å². The normalized spacial score (nSPS) is 11.9. The highest BCUT2D eigenvalue weighted by atomic mass is 19.4. The molecule has 19 heavy (non-hydrogen) atoms. The molecule has 100 valence electrons. The van der Waals surface area contributed by atoms with Gasteiger partial charge >= 0.3 is 6.36 Å². The Labute approximate surface area is 107 Å². The van der Waals surface area contributed by atoms with Gasteiger partial charge in [-0.3, -0.25) is 0 Å². The zero-order chi connectivity index (χ0) is 13.7. The van der Waals surface area contributed by atoms with E-state index in [9.17, 15) is 13.2 Å². The second-order valence-electron chi connectivity index (χ2n) is 3.64. The predicted molar refractivity (Wildman–Crippen MR) is 62.2 cm³/mol. The van der Waals surface area contributed by atoms with E-state index in [2.05, 4.69) is 14.8 Å². The predicted octanol–water partition coefficient (Wildman–Crippen LogP) is 2.89. The largest absolute Gasteiger partial charge is 0.573 e. The number of allylic oxidation sites excluding steroid dienone is 1. The standard InChI is InChI=1S/C12H10F3N3O/c13-12(14,15)19-11-5-3-10(4-6-11)2-1-7-18-9-16-8-17-18/h1-6,8-9H,7H2. The Morgan fingerprint density at radius 2 is 1.95 bits per heavy atom. The van der Waals surface area contributed by atoms with Crippen LogP contribution in [-0.2, 0) is 6.54 Å². The van der Waals surface area contributed by atoms with Crippen molar-refractivity contribution in [2.75, 3.05) is 0 Å². The monoisotopic (exact) mass is 269 g/mol. The van der Waals surface area contributed by atoms with E-state index in [1.807, 2.05) is 6.08 Å². The van der Waals surface area contributed by atoms with E-state index in [4.69, 9.17) is 0 Å². The molecule has 0 saturated heterocycles. The van der Waals surface area contributed by atoms with Crippen LogP contribution in [0.4, 0.5) is 13.2 Å². The summed E-state index contributed by atoms with van der Waals surface area (Å²) < 4.78 is 41.2. The molecule has 0 saturated carbocycles. The Balaban J connectivity index is 1.93. The molecule has 0 amide bonds. The van der Waals surface area contributed by atoms with Crippen LogP contribution in [-0.4, -0.2) is 21.1 Å². The highest BCUT2D eigenvalue weighted by Gasteiger charge is 2.30. The van der Waals surface area contributed by atoms with Gasteiger partial charge in [0.25, 0.3) is 0 Å². The van der Waals surface area contributed by atoms with Crippen molar-refractivity contribution >= 4 is 6.08 Å². The summed E-state index contributed by atoms with van der Waals surface area (Å²) in [4.78, 5) is 3.79. The first-order valence-corrected chi connectivity index (χ1v) is 5.38. The third kappa shape index (κ3) is 4.46. The molecular weight excluding hydrogens is 259 g/mol. The van der Waals surface area contributed by atoms with Crippen LogP contribution in [0.2, 0.25) is 0 Å².